The predicted molar refractivity (Wildman–Crippen MR) is 115 cm³/mol. The second-order valence-corrected chi connectivity index (χ2v) is 7.26. The number of ether oxygens (including phenoxy) is 2. The minimum atomic E-state index is -0.770. The summed E-state index contributed by atoms with van der Waals surface area (Å²) in [6.45, 7) is 1.15. The lowest BCUT2D eigenvalue weighted by atomic mass is 10.2. The molecule has 0 unspecified atom stereocenters. The van der Waals surface area contributed by atoms with E-state index in [4.69, 9.17) is 9.47 Å². The average Bonchev–Trinajstić information content (AvgIpc) is 2.74. The Morgan fingerprint density at radius 1 is 1.16 bits per heavy atom. The molecule has 0 atom stereocenters. The van der Waals surface area contributed by atoms with Gasteiger partial charge in [0.25, 0.3) is 5.88 Å². The van der Waals surface area contributed by atoms with Crippen molar-refractivity contribution in [2.45, 2.75) is 13.5 Å². The van der Waals surface area contributed by atoms with E-state index in [2.05, 4.69) is 26.3 Å². The Bertz CT molecular complexity index is 1270. The maximum Gasteiger partial charge on any atom is 0.352 e. The molecule has 0 saturated heterocycles. The van der Waals surface area contributed by atoms with E-state index in [0.29, 0.717) is 15.8 Å². The molecule has 1 amide bonds. The number of hydrogen-bond acceptors (Lipinski definition) is 6. The summed E-state index contributed by atoms with van der Waals surface area (Å²) in [5, 5.41) is 6.28. The predicted octanol–water partition coefficient (Wildman–Crippen LogP) is 2.32. The number of carbonyl (C=O) groups excluding carboxylic acids is 1. The zero-order chi connectivity index (χ0) is 22.7. The molecule has 3 aromatic rings. The Morgan fingerprint density at radius 2 is 1.90 bits per heavy atom. The number of methoxy groups -OCH3 is 2. The Hall–Kier alpha value is -3.47. The van der Waals surface area contributed by atoms with Gasteiger partial charge in [-0.2, -0.15) is 4.68 Å². The SMILES string of the molecule is COc1cc(Cn2c(=O)c(OC)nn(-c3ccc(F)c(NC(C)=O)c3)c2=O)ccc1Br. The van der Waals surface area contributed by atoms with E-state index in [1.165, 1.54) is 33.3 Å². The summed E-state index contributed by atoms with van der Waals surface area (Å²) in [5.41, 5.74) is -0.872. The van der Waals surface area contributed by atoms with E-state index < -0.39 is 23.0 Å². The molecule has 0 aliphatic carbocycles. The Morgan fingerprint density at radius 3 is 2.55 bits per heavy atom. The van der Waals surface area contributed by atoms with Crippen molar-refractivity contribution in [3.63, 3.8) is 0 Å². The summed E-state index contributed by atoms with van der Waals surface area (Å²) in [7, 11) is 2.75. The van der Waals surface area contributed by atoms with Crippen LogP contribution in [0.15, 0.2) is 50.5 Å². The molecule has 0 radical (unpaired) electrons. The van der Waals surface area contributed by atoms with Crippen LogP contribution in [0.2, 0.25) is 0 Å². The fraction of sp³-hybridized carbons (Fsp3) is 0.200. The van der Waals surface area contributed by atoms with Crippen LogP contribution in [0.25, 0.3) is 5.69 Å². The van der Waals surface area contributed by atoms with Crippen molar-refractivity contribution >= 4 is 27.5 Å². The largest absolute Gasteiger partial charge is 0.496 e. The van der Waals surface area contributed by atoms with Gasteiger partial charge in [-0.1, -0.05) is 6.07 Å². The summed E-state index contributed by atoms with van der Waals surface area (Å²) >= 11 is 3.35. The highest BCUT2D eigenvalue weighted by molar-refractivity contribution is 9.10. The molecule has 11 heteroatoms. The van der Waals surface area contributed by atoms with E-state index in [0.717, 1.165) is 15.3 Å². The molecule has 31 heavy (non-hydrogen) atoms. The van der Waals surface area contributed by atoms with Crippen LogP contribution in [0.5, 0.6) is 11.6 Å². The maximum absolute atomic E-state index is 14.0. The van der Waals surface area contributed by atoms with Gasteiger partial charge in [-0.15, -0.1) is 5.10 Å². The first kappa shape index (κ1) is 22.2. The van der Waals surface area contributed by atoms with E-state index in [1.54, 1.807) is 18.2 Å². The third-order valence-corrected chi connectivity index (χ3v) is 4.94. The number of halogens is 2. The molecule has 162 valence electrons. The summed E-state index contributed by atoms with van der Waals surface area (Å²) < 4.78 is 26.9. The molecular weight excluding hydrogens is 475 g/mol. The Kier molecular flexibility index (Phi) is 6.54. The van der Waals surface area contributed by atoms with Crippen molar-refractivity contribution < 1.29 is 18.7 Å². The zero-order valence-electron chi connectivity index (χ0n) is 16.8. The second kappa shape index (κ2) is 9.13. The van der Waals surface area contributed by atoms with Crippen LogP contribution in [0.1, 0.15) is 12.5 Å². The van der Waals surface area contributed by atoms with Crippen molar-refractivity contribution in [1.29, 1.82) is 0 Å². The first-order valence-electron chi connectivity index (χ1n) is 8.93. The van der Waals surface area contributed by atoms with Crippen LogP contribution in [0.4, 0.5) is 10.1 Å². The van der Waals surface area contributed by atoms with Gasteiger partial charge in [0.15, 0.2) is 0 Å². The van der Waals surface area contributed by atoms with E-state index in [9.17, 15) is 18.8 Å². The third-order valence-electron chi connectivity index (χ3n) is 4.29. The molecule has 1 heterocycles. The van der Waals surface area contributed by atoms with E-state index >= 15 is 0 Å². The van der Waals surface area contributed by atoms with Crippen molar-refractivity contribution in [1.82, 2.24) is 14.3 Å². The number of nitrogens with one attached hydrogen (secondary N) is 1. The summed E-state index contributed by atoms with van der Waals surface area (Å²) in [5.74, 6) is -0.961. The molecule has 1 N–H and O–H groups in total. The average molecular weight is 493 g/mol. The molecule has 0 bridgehead atoms. The Balaban J connectivity index is 2.15. The highest BCUT2D eigenvalue weighted by atomic mass is 79.9. The van der Waals surface area contributed by atoms with Crippen LogP contribution >= 0.6 is 15.9 Å². The summed E-state index contributed by atoms with van der Waals surface area (Å²) in [6.07, 6.45) is 0. The number of carbonyl (C=O) groups is 1. The molecule has 0 saturated carbocycles. The number of amides is 1. The van der Waals surface area contributed by atoms with Gasteiger partial charge in [-0.3, -0.25) is 9.59 Å². The highest BCUT2D eigenvalue weighted by Gasteiger charge is 2.17. The van der Waals surface area contributed by atoms with Gasteiger partial charge in [0.1, 0.15) is 11.6 Å². The lowest BCUT2D eigenvalue weighted by molar-refractivity contribution is -0.114. The van der Waals surface area contributed by atoms with Crippen LogP contribution in [0.3, 0.4) is 0 Å². The van der Waals surface area contributed by atoms with Crippen LogP contribution < -0.4 is 26.0 Å². The normalized spacial score (nSPS) is 10.6. The van der Waals surface area contributed by atoms with Crippen molar-refractivity contribution in [2.75, 3.05) is 19.5 Å². The lowest BCUT2D eigenvalue weighted by Gasteiger charge is -2.13. The van der Waals surface area contributed by atoms with Gasteiger partial charge in [0, 0.05) is 6.92 Å². The van der Waals surface area contributed by atoms with Gasteiger partial charge in [0.2, 0.25) is 5.91 Å². The summed E-state index contributed by atoms with van der Waals surface area (Å²) in [6, 6.07) is 8.75. The number of hydrogen-bond donors (Lipinski definition) is 1. The molecule has 0 fully saturated rings. The molecule has 0 aliphatic rings. The number of anilines is 1. The van der Waals surface area contributed by atoms with Crippen molar-refractivity contribution in [3.8, 4) is 17.3 Å². The molecule has 0 aliphatic heterocycles. The number of aromatic nitrogens is 3. The number of benzene rings is 2. The second-order valence-electron chi connectivity index (χ2n) is 6.41. The first-order chi connectivity index (χ1) is 14.7. The fourth-order valence-corrected chi connectivity index (χ4v) is 3.25. The van der Waals surface area contributed by atoms with Gasteiger partial charge in [-0.25, -0.2) is 13.8 Å². The standard InChI is InChI=1S/C20H18BrFN4O5/c1-11(27)23-16-9-13(5-7-15(16)22)26-20(29)25(19(28)18(24-26)31-3)10-12-4-6-14(21)17(8-12)30-2/h4-9H,10H2,1-3H3,(H,23,27). The highest BCUT2D eigenvalue weighted by Crippen LogP contribution is 2.25. The summed E-state index contributed by atoms with van der Waals surface area (Å²) in [4.78, 5) is 37.1. The topological polar surface area (TPSA) is 104 Å². The molecule has 0 spiro atoms. The van der Waals surface area contributed by atoms with Gasteiger partial charge in [0.05, 0.1) is 36.6 Å². The molecular formula is C20H18BrFN4O5. The van der Waals surface area contributed by atoms with Crippen LogP contribution in [-0.4, -0.2) is 34.5 Å². The Labute approximate surface area is 184 Å². The van der Waals surface area contributed by atoms with Crippen LogP contribution in [-0.2, 0) is 11.3 Å². The molecule has 2 aromatic carbocycles. The van der Waals surface area contributed by atoms with Crippen molar-refractivity contribution in [2.24, 2.45) is 0 Å². The van der Waals surface area contributed by atoms with Crippen molar-refractivity contribution in [3.05, 3.63) is 73.1 Å². The minimum absolute atomic E-state index is 0.0834. The lowest BCUT2D eigenvalue weighted by Crippen LogP contribution is -2.41. The fourth-order valence-electron chi connectivity index (χ4n) is 2.84. The van der Waals surface area contributed by atoms with Gasteiger partial charge >= 0.3 is 11.2 Å². The quantitative estimate of drug-likeness (QED) is 0.566. The minimum Gasteiger partial charge on any atom is -0.496 e. The third kappa shape index (κ3) is 4.66. The zero-order valence-corrected chi connectivity index (χ0v) is 18.4. The number of nitrogens with zero attached hydrogens (tertiary/aromatic N) is 3. The molecule has 9 nitrogen and oxygen atoms in total. The van der Waals surface area contributed by atoms with Gasteiger partial charge < -0.3 is 14.8 Å². The smallest absolute Gasteiger partial charge is 0.352 e. The van der Waals surface area contributed by atoms with E-state index in [1.807, 2.05) is 0 Å². The maximum atomic E-state index is 14.0. The molecule has 3 rings (SSSR count). The van der Waals surface area contributed by atoms with Crippen LogP contribution in [0, 0.1) is 5.82 Å². The first-order valence-corrected chi connectivity index (χ1v) is 9.72. The molecule has 1 aromatic heterocycles. The van der Waals surface area contributed by atoms with E-state index in [-0.39, 0.29) is 23.8 Å². The van der Waals surface area contributed by atoms with Gasteiger partial charge in [-0.05, 0) is 51.8 Å². The number of rotatable bonds is 6. The monoisotopic (exact) mass is 492 g/mol.